The fourth-order valence-electron chi connectivity index (χ4n) is 13.4. The van der Waals surface area contributed by atoms with Crippen molar-refractivity contribution >= 4 is 114 Å². The maximum atomic E-state index is 2.54. The number of anilines is 6. The van der Waals surface area contributed by atoms with Gasteiger partial charge in [-0.1, -0.05) is 220 Å². The molecule has 13 aromatic rings. The Bertz CT molecular complexity index is 4210. The number of benzene rings is 13. The molecule has 4 heteroatoms. The monoisotopic (exact) mass is 1030 g/mol. The van der Waals surface area contributed by atoms with Crippen LogP contribution in [-0.4, -0.2) is 16.1 Å². The van der Waals surface area contributed by atoms with Crippen molar-refractivity contribution in [3.63, 3.8) is 0 Å². The van der Waals surface area contributed by atoms with Crippen LogP contribution in [0.15, 0.2) is 267 Å². The molecule has 0 saturated heterocycles. The van der Waals surface area contributed by atoms with Crippen LogP contribution in [0, 0.1) is 0 Å². The highest BCUT2D eigenvalue weighted by molar-refractivity contribution is 7.03. The number of rotatable bonds is 6. The maximum absolute atomic E-state index is 2.54. The van der Waals surface area contributed by atoms with Crippen LogP contribution in [0.2, 0.25) is 26.2 Å². The van der Waals surface area contributed by atoms with E-state index in [1.807, 2.05) is 0 Å². The standard InChI is InChI=1S/C74H56N2Si2/c1-77(2)69-31-13-9-27-65(69)75(66-28-10-14-32-70(66)77)59-39-41-61-63(47-59)73(57-25-17-23-53(45-57)55-37-35-49-19-5-7-21-51(49)43-55)62-42-40-60(76-67-29-11-15-33-71(67)78(3,4)72-34-16-12-30-68(72)76)48-64(62)74(61)58-26-18-24-54(46-58)56-38-36-50-20-6-8-22-52(50)44-56/h5-48H,1-4H3. The smallest absolute Gasteiger partial charge is 0.117 e. The molecule has 0 atom stereocenters. The van der Waals surface area contributed by atoms with E-state index in [4.69, 9.17) is 0 Å². The van der Waals surface area contributed by atoms with E-state index >= 15 is 0 Å². The van der Waals surface area contributed by atoms with E-state index < -0.39 is 16.1 Å². The van der Waals surface area contributed by atoms with Gasteiger partial charge < -0.3 is 9.80 Å². The van der Waals surface area contributed by atoms with Gasteiger partial charge in [-0.3, -0.25) is 0 Å². The lowest BCUT2D eigenvalue weighted by Crippen LogP contribution is -2.58. The summed E-state index contributed by atoms with van der Waals surface area (Å²) in [6, 6.07) is 101. The van der Waals surface area contributed by atoms with Crippen LogP contribution in [0.3, 0.4) is 0 Å². The molecule has 0 fully saturated rings. The maximum Gasteiger partial charge on any atom is 0.117 e. The summed E-state index contributed by atoms with van der Waals surface area (Å²) in [5.74, 6) is 0. The molecule has 78 heavy (non-hydrogen) atoms. The molecule has 15 rings (SSSR count). The predicted molar refractivity (Wildman–Crippen MR) is 341 cm³/mol. The van der Waals surface area contributed by atoms with E-state index in [2.05, 4.69) is 303 Å². The lowest BCUT2D eigenvalue weighted by molar-refractivity contribution is 1.29. The van der Waals surface area contributed by atoms with Crippen molar-refractivity contribution in [2.24, 2.45) is 0 Å². The molecule has 0 unspecified atom stereocenters. The van der Waals surface area contributed by atoms with Crippen LogP contribution in [0.25, 0.3) is 87.6 Å². The van der Waals surface area contributed by atoms with Gasteiger partial charge in [0.25, 0.3) is 0 Å². The van der Waals surface area contributed by atoms with Crippen LogP contribution in [0.4, 0.5) is 34.1 Å². The summed E-state index contributed by atoms with van der Waals surface area (Å²) in [5, 5.41) is 15.6. The molecule has 0 aromatic heterocycles. The zero-order valence-corrected chi connectivity index (χ0v) is 46.3. The van der Waals surface area contributed by atoms with Crippen LogP contribution in [-0.2, 0) is 0 Å². The second-order valence-corrected chi connectivity index (χ2v) is 31.1. The Morgan fingerprint density at radius 3 is 0.936 bits per heavy atom. The first-order chi connectivity index (χ1) is 38.2. The van der Waals surface area contributed by atoms with Gasteiger partial charge in [0.15, 0.2) is 0 Å². The average molecular weight is 1030 g/mol. The first-order valence-electron chi connectivity index (χ1n) is 27.4. The fourth-order valence-corrected chi connectivity index (χ4v) is 19.4. The van der Waals surface area contributed by atoms with Gasteiger partial charge in [-0.15, -0.1) is 0 Å². The molecule has 0 aliphatic carbocycles. The summed E-state index contributed by atoms with van der Waals surface area (Å²) in [6.07, 6.45) is 0. The van der Waals surface area contributed by atoms with E-state index in [9.17, 15) is 0 Å². The van der Waals surface area contributed by atoms with Gasteiger partial charge in [0, 0.05) is 34.1 Å². The minimum absolute atomic E-state index is 1.15. The molecule has 0 radical (unpaired) electrons. The summed E-state index contributed by atoms with van der Waals surface area (Å²) < 4.78 is 0. The van der Waals surface area contributed by atoms with E-state index in [0.717, 1.165) is 11.4 Å². The van der Waals surface area contributed by atoms with Gasteiger partial charge >= 0.3 is 0 Å². The van der Waals surface area contributed by atoms with Crippen molar-refractivity contribution in [1.29, 1.82) is 0 Å². The highest BCUT2D eigenvalue weighted by Crippen LogP contribution is 2.50. The Kier molecular flexibility index (Phi) is 10.5. The molecule has 0 bridgehead atoms. The summed E-state index contributed by atoms with van der Waals surface area (Å²) in [6.45, 7) is 10.0. The third kappa shape index (κ3) is 7.21. The number of nitrogens with zero attached hydrogens (tertiary/aromatic N) is 2. The summed E-state index contributed by atoms with van der Waals surface area (Å²) in [4.78, 5) is 5.09. The average Bonchev–Trinajstić information content (AvgIpc) is 3.49. The molecule has 0 spiro atoms. The molecular formula is C74H56N2Si2. The van der Waals surface area contributed by atoms with Crippen molar-refractivity contribution in [1.82, 2.24) is 0 Å². The molecule has 2 nitrogen and oxygen atoms in total. The van der Waals surface area contributed by atoms with Gasteiger partial charge in [0.2, 0.25) is 0 Å². The Labute approximate surface area is 458 Å². The number of fused-ring (bicyclic) bond motifs is 8. The molecular weight excluding hydrogens is 973 g/mol. The molecule has 0 N–H and O–H groups in total. The molecule has 0 saturated carbocycles. The largest absolute Gasteiger partial charge is 0.311 e. The molecule has 370 valence electrons. The predicted octanol–water partition coefficient (Wildman–Crippen LogP) is 18.2. The number of hydrogen-bond donors (Lipinski definition) is 0. The lowest BCUT2D eigenvalue weighted by atomic mass is 9.84. The van der Waals surface area contributed by atoms with Gasteiger partial charge in [-0.2, -0.15) is 0 Å². The molecule has 2 aliphatic rings. The Morgan fingerprint density at radius 2 is 0.551 bits per heavy atom. The van der Waals surface area contributed by atoms with Crippen molar-refractivity contribution < 1.29 is 0 Å². The third-order valence-electron chi connectivity index (χ3n) is 17.3. The first-order valence-corrected chi connectivity index (χ1v) is 33.4. The van der Waals surface area contributed by atoms with Crippen LogP contribution >= 0.6 is 0 Å². The van der Waals surface area contributed by atoms with Crippen molar-refractivity contribution in [3.05, 3.63) is 267 Å². The topological polar surface area (TPSA) is 6.48 Å². The van der Waals surface area contributed by atoms with Crippen molar-refractivity contribution in [2.75, 3.05) is 9.80 Å². The number of para-hydroxylation sites is 4. The zero-order valence-electron chi connectivity index (χ0n) is 44.3. The van der Waals surface area contributed by atoms with E-state index in [-0.39, 0.29) is 0 Å². The zero-order chi connectivity index (χ0) is 52.3. The summed E-state index contributed by atoms with van der Waals surface area (Å²) >= 11 is 0. The summed E-state index contributed by atoms with van der Waals surface area (Å²) in [5.41, 5.74) is 17.0. The second-order valence-electron chi connectivity index (χ2n) is 22.5. The van der Waals surface area contributed by atoms with Crippen LogP contribution < -0.4 is 30.5 Å². The minimum atomic E-state index is -2.03. The quantitative estimate of drug-likeness (QED) is 0.121. The van der Waals surface area contributed by atoms with E-state index in [1.54, 1.807) is 0 Å². The molecule has 13 aromatic carbocycles. The Balaban J connectivity index is 1.04. The molecule has 2 heterocycles. The summed E-state index contributed by atoms with van der Waals surface area (Å²) in [7, 11) is -4.07. The SMILES string of the molecule is C[Si]1(C)c2ccccc2N(c2ccc3c(-c4cccc(-c5ccc6ccccc6c5)c4)c4cc(N5c6ccccc6[Si](C)(C)c6ccccc65)ccc4c(-c4cccc(-c5ccc6ccccc6c5)c4)c3c2)c2ccccc21. The van der Waals surface area contributed by atoms with Crippen molar-refractivity contribution in [2.45, 2.75) is 26.2 Å². The van der Waals surface area contributed by atoms with Gasteiger partial charge in [0.1, 0.15) is 16.1 Å². The van der Waals surface area contributed by atoms with Crippen molar-refractivity contribution in [3.8, 4) is 44.5 Å². The van der Waals surface area contributed by atoms with Gasteiger partial charge in [0.05, 0.1) is 0 Å². The van der Waals surface area contributed by atoms with E-state index in [0.29, 0.717) is 0 Å². The fraction of sp³-hybridized carbons (Fsp3) is 0.0541. The number of hydrogen-bond acceptors (Lipinski definition) is 2. The second kappa shape index (κ2) is 17.8. The van der Waals surface area contributed by atoms with Gasteiger partial charge in [-0.05, 0) is 181 Å². The van der Waals surface area contributed by atoms with E-state index in [1.165, 1.54) is 131 Å². The third-order valence-corrected chi connectivity index (χ3v) is 24.4. The van der Waals surface area contributed by atoms with Crippen LogP contribution in [0.5, 0.6) is 0 Å². The Hall–Kier alpha value is -9.07. The Morgan fingerprint density at radius 1 is 0.231 bits per heavy atom. The van der Waals surface area contributed by atoms with Crippen LogP contribution in [0.1, 0.15) is 0 Å². The lowest BCUT2D eigenvalue weighted by Gasteiger charge is -2.41. The molecule has 0 amide bonds. The highest BCUT2D eigenvalue weighted by atomic mass is 28.3. The minimum Gasteiger partial charge on any atom is -0.311 e. The van der Waals surface area contributed by atoms with Gasteiger partial charge in [-0.25, -0.2) is 0 Å². The first kappa shape index (κ1) is 46.3. The highest BCUT2D eigenvalue weighted by Gasteiger charge is 2.40. The molecule has 2 aliphatic heterocycles. The normalized spacial score (nSPS) is 14.1.